The number of aliphatic hydroxyl groups excluding tert-OH is 1. The second-order valence-corrected chi connectivity index (χ2v) is 1.87. The van der Waals surface area contributed by atoms with Gasteiger partial charge in [-0.25, -0.2) is 4.79 Å². The number of carboxylic acid groups (broad SMARTS) is 2. The maximum Gasteiger partial charge on any atom is 0.338 e. The number of imidazole rings is 1. The topological polar surface area (TPSA) is 128 Å². The molecular weight excluding hydrogens is 180 g/mol. The molecule has 13 heavy (non-hydrogen) atoms. The number of aromatic nitrogens is 2. The highest BCUT2D eigenvalue weighted by Gasteiger charge is 2.12. The summed E-state index contributed by atoms with van der Waals surface area (Å²) in [6, 6.07) is 0. The van der Waals surface area contributed by atoms with Crippen LogP contribution >= 0.6 is 0 Å². The standard InChI is InChI=1S/C3H4N2.C3H4O5/c1-2-5-3-4-1;4-1(2(5)6)3(7)8/h1-3H,(H,4,5);1,4H,(H,5,6)(H,7,8). The average Bonchev–Trinajstić information content (AvgIpc) is 2.59. The molecule has 0 aromatic carbocycles. The Morgan fingerprint density at radius 1 is 1.54 bits per heavy atom. The molecule has 7 nitrogen and oxygen atoms in total. The maximum absolute atomic E-state index is 9.47. The van der Waals surface area contributed by atoms with Crippen molar-refractivity contribution in [3.63, 3.8) is 0 Å². The third-order valence-corrected chi connectivity index (χ3v) is 0.900. The van der Waals surface area contributed by atoms with Crippen molar-refractivity contribution in [3.8, 4) is 0 Å². The van der Waals surface area contributed by atoms with Crippen molar-refractivity contribution in [3.05, 3.63) is 18.7 Å². The van der Waals surface area contributed by atoms with Crippen LogP contribution in [-0.2, 0) is 9.59 Å². The predicted octanol–water partition coefficient (Wildman–Crippen LogP) is -2.99. The van der Waals surface area contributed by atoms with Crippen molar-refractivity contribution in [2.75, 3.05) is 0 Å². The Bertz CT molecular complexity index is 227. The molecule has 1 aromatic rings. The molecule has 1 rings (SSSR count). The van der Waals surface area contributed by atoms with Crippen LogP contribution in [-0.4, -0.2) is 33.2 Å². The Balaban J connectivity index is 0.000000243. The summed E-state index contributed by atoms with van der Waals surface area (Å²) in [7, 11) is 0. The molecule has 1 atom stereocenters. The minimum Gasteiger partial charge on any atom is -0.547 e. The van der Waals surface area contributed by atoms with E-state index in [9.17, 15) is 14.7 Å². The van der Waals surface area contributed by atoms with Gasteiger partial charge in [-0.1, -0.05) is 0 Å². The van der Waals surface area contributed by atoms with Gasteiger partial charge >= 0.3 is 5.97 Å². The van der Waals surface area contributed by atoms with Crippen molar-refractivity contribution >= 4 is 11.9 Å². The van der Waals surface area contributed by atoms with Crippen LogP contribution in [0.4, 0.5) is 0 Å². The number of aliphatic carboxylic acids is 2. The SMILES string of the molecule is O=C([O-])[C@@H](O)C(=O)O.c1c[nH+]c[nH]1. The van der Waals surface area contributed by atoms with E-state index in [1.807, 2.05) is 12.4 Å². The molecule has 7 heteroatoms. The third-order valence-electron chi connectivity index (χ3n) is 0.900. The monoisotopic (exact) mass is 188 g/mol. The van der Waals surface area contributed by atoms with Crippen LogP contribution in [0.5, 0.6) is 0 Å². The van der Waals surface area contributed by atoms with Gasteiger partial charge in [0.2, 0.25) is 6.33 Å². The van der Waals surface area contributed by atoms with E-state index in [1.165, 1.54) is 0 Å². The quantitative estimate of drug-likeness (QED) is 0.426. The van der Waals surface area contributed by atoms with E-state index in [0.717, 1.165) is 0 Å². The van der Waals surface area contributed by atoms with Crippen LogP contribution in [0.3, 0.4) is 0 Å². The van der Waals surface area contributed by atoms with Gasteiger partial charge in [0.05, 0.1) is 5.97 Å². The van der Waals surface area contributed by atoms with E-state index >= 15 is 0 Å². The second kappa shape index (κ2) is 5.72. The molecule has 1 heterocycles. The van der Waals surface area contributed by atoms with Crippen molar-refractivity contribution < 1.29 is 29.9 Å². The number of carboxylic acids is 2. The largest absolute Gasteiger partial charge is 0.547 e. The molecule has 0 radical (unpaired) electrons. The second-order valence-electron chi connectivity index (χ2n) is 1.87. The van der Waals surface area contributed by atoms with Crippen LogP contribution < -0.4 is 10.1 Å². The summed E-state index contributed by atoms with van der Waals surface area (Å²) in [6.07, 6.45) is 2.98. The molecule has 0 bridgehead atoms. The van der Waals surface area contributed by atoms with Crippen molar-refractivity contribution in [2.24, 2.45) is 0 Å². The maximum atomic E-state index is 9.47. The molecule has 0 aliphatic rings. The Hall–Kier alpha value is -1.89. The molecule has 0 aliphatic heterocycles. The van der Waals surface area contributed by atoms with Gasteiger partial charge in [-0.2, -0.15) is 0 Å². The van der Waals surface area contributed by atoms with E-state index in [4.69, 9.17) is 10.2 Å². The van der Waals surface area contributed by atoms with Crippen LogP contribution in [0.25, 0.3) is 0 Å². The molecular formula is C6H8N2O5. The number of hydrogen-bond donors (Lipinski definition) is 3. The lowest BCUT2D eigenvalue weighted by Crippen LogP contribution is -2.40. The lowest BCUT2D eigenvalue weighted by molar-refractivity contribution is -0.375. The molecule has 72 valence electrons. The Kier molecular flexibility index (Phi) is 4.89. The Morgan fingerprint density at radius 2 is 2.15 bits per heavy atom. The van der Waals surface area contributed by atoms with Gasteiger partial charge in [-0.3, -0.25) is 9.97 Å². The van der Waals surface area contributed by atoms with Crippen LogP contribution in [0.2, 0.25) is 0 Å². The molecule has 4 N–H and O–H groups in total. The van der Waals surface area contributed by atoms with Crippen LogP contribution in [0.1, 0.15) is 0 Å². The Labute approximate surface area is 72.7 Å². The third kappa shape index (κ3) is 5.39. The predicted molar refractivity (Wildman–Crippen MR) is 36.0 cm³/mol. The number of nitrogens with one attached hydrogen (secondary N) is 2. The highest BCUT2D eigenvalue weighted by atomic mass is 16.4. The van der Waals surface area contributed by atoms with Gasteiger partial charge in [0, 0.05) is 0 Å². The average molecular weight is 188 g/mol. The van der Waals surface area contributed by atoms with Crippen LogP contribution in [0, 0.1) is 0 Å². The lowest BCUT2D eigenvalue weighted by atomic mass is 10.4. The zero-order chi connectivity index (χ0) is 10.3. The summed E-state index contributed by atoms with van der Waals surface area (Å²) in [5, 5.41) is 25.0. The van der Waals surface area contributed by atoms with Gasteiger partial charge in [-0.05, 0) is 0 Å². The molecule has 0 aliphatic carbocycles. The molecule has 0 fully saturated rings. The molecule has 0 amide bonds. The number of carbonyl (C=O) groups is 2. The summed E-state index contributed by atoms with van der Waals surface area (Å²) >= 11 is 0. The number of aliphatic hydroxyl groups is 1. The van der Waals surface area contributed by atoms with Crippen molar-refractivity contribution in [1.29, 1.82) is 0 Å². The first kappa shape index (κ1) is 11.1. The van der Waals surface area contributed by atoms with E-state index in [1.54, 1.807) is 6.33 Å². The minimum atomic E-state index is -2.41. The summed E-state index contributed by atoms with van der Waals surface area (Å²) in [5.74, 6) is -3.82. The Morgan fingerprint density at radius 3 is 2.23 bits per heavy atom. The fraction of sp³-hybridized carbons (Fsp3) is 0.167. The zero-order valence-corrected chi connectivity index (χ0v) is 6.43. The molecule has 0 saturated carbocycles. The van der Waals surface area contributed by atoms with Crippen LogP contribution in [0.15, 0.2) is 18.7 Å². The van der Waals surface area contributed by atoms with Gasteiger partial charge in [0.1, 0.15) is 12.4 Å². The highest BCUT2D eigenvalue weighted by molar-refractivity contribution is 5.94. The number of H-pyrrole nitrogens is 2. The smallest absolute Gasteiger partial charge is 0.338 e. The number of carbonyl (C=O) groups excluding carboxylic acids is 1. The summed E-state index contributed by atoms with van der Waals surface area (Å²) < 4.78 is 0. The normalized spacial score (nSPS) is 10.8. The van der Waals surface area contributed by atoms with E-state index < -0.39 is 18.0 Å². The van der Waals surface area contributed by atoms with Gasteiger partial charge in [0.15, 0.2) is 6.10 Å². The highest BCUT2D eigenvalue weighted by Crippen LogP contribution is 1.76. The summed E-state index contributed by atoms with van der Waals surface area (Å²) in [5.41, 5.74) is 0. The first-order valence-corrected chi connectivity index (χ1v) is 3.16. The van der Waals surface area contributed by atoms with Crippen molar-refractivity contribution in [1.82, 2.24) is 4.98 Å². The molecule has 0 unspecified atom stereocenters. The number of aromatic amines is 2. The summed E-state index contributed by atoms with van der Waals surface area (Å²) in [6.45, 7) is 0. The van der Waals surface area contributed by atoms with Gasteiger partial charge < -0.3 is 20.1 Å². The zero-order valence-electron chi connectivity index (χ0n) is 6.43. The van der Waals surface area contributed by atoms with Gasteiger partial charge in [-0.15, -0.1) is 0 Å². The van der Waals surface area contributed by atoms with E-state index in [2.05, 4.69) is 9.97 Å². The summed E-state index contributed by atoms with van der Waals surface area (Å²) in [4.78, 5) is 24.5. The molecule has 0 spiro atoms. The fourth-order valence-electron chi connectivity index (χ4n) is 0.341. The molecule has 1 aromatic heterocycles. The molecule has 0 saturated heterocycles. The first-order valence-electron chi connectivity index (χ1n) is 3.16. The first-order chi connectivity index (χ1) is 6.05. The fourth-order valence-corrected chi connectivity index (χ4v) is 0.341. The van der Waals surface area contributed by atoms with Crippen molar-refractivity contribution in [2.45, 2.75) is 6.10 Å². The van der Waals surface area contributed by atoms with E-state index in [0.29, 0.717) is 0 Å². The number of rotatable bonds is 2. The lowest BCUT2D eigenvalue weighted by Gasteiger charge is -2.02. The van der Waals surface area contributed by atoms with Gasteiger partial charge in [0.25, 0.3) is 0 Å². The minimum absolute atomic E-state index is 1.75. The number of hydrogen-bond acceptors (Lipinski definition) is 4. The van der Waals surface area contributed by atoms with E-state index in [-0.39, 0.29) is 0 Å².